The van der Waals surface area contributed by atoms with Crippen LogP contribution in [0.3, 0.4) is 0 Å². The molecule has 3 aromatic rings. The van der Waals surface area contributed by atoms with Crippen LogP contribution < -0.4 is 0 Å². The number of halogens is 1. The van der Waals surface area contributed by atoms with Crippen molar-refractivity contribution in [2.75, 3.05) is 0 Å². The average molecular weight is 240 g/mol. The number of benzene rings is 1. The Morgan fingerprint density at radius 2 is 1.78 bits per heavy atom. The van der Waals surface area contributed by atoms with Crippen molar-refractivity contribution in [2.24, 2.45) is 0 Å². The minimum absolute atomic E-state index is 0.303. The highest BCUT2D eigenvalue weighted by molar-refractivity contribution is 5.53. The molecule has 0 amide bonds. The SMILES string of the molecule is Fc1cccc(-n2nccc2-c2ncccn2)c1. The Kier molecular flexibility index (Phi) is 2.57. The number of hydrogen-bond acceptors (Lipinski definition) is 3. The highest BCUT2D eigenvalue weighted by Crippen LogP contribution is 2.18. The Hall–Kier alpha value is -2.56. The fraction of sp³-hybridized carbons (Fsp3) is 0. The van der Waals surface area contributed by atoms with Gasteiger partial charge in [-0.15, -0.1) is 0 Å². The van der Waals surface area contributed by atoms with Gasteiger partial charge in [0, 0.05) is 12.4 Å². The quantitative estimate of drug-likeness (QED) is 0.691. The van der Waals surface area contributed by atoms with E-state index >= 15 is 0 Å². The first-order valence-corrected chi connectivity index (χ1v) is 5.42. The van der Waals surface area contributed by atoms with Crippen LogP contribution in [0.5, 0.6) is 0 Å². The second-order valence-electron chi connectivity index (χ2n) is 3.68. The summed E-state index contributed by atoms with van der Waals surface area (Å²) in [4.78, 5) is 8.33. The number of aromatic nitrogens is 4. The standard InChI is InChI=1S/C13H9FN4/c14-10-3-1-4-11(9-10)18-12(5-8-17-18)13-15-6-2-7-16-13/h1-9H. The van der Waals surface area contributed by atoms with E-state index in [9.17, 15) is 4.39 Å². The Balaban J connectivity index is 2.13. The van der Waals surface area contributed by atoms with Gasteiger partial charge in [-0.3, -0.25) is 0 Å². The van der Waals surface area contributed by atoms with E-state index in [2.05, 4.69) is 15.1 Å². The molecule has 0 unspecified atom stereocenters. The van der Waals surface area contributed by atoms with Crippen molar-refractivity contribution < 1.29 is 4.39 Å². The predicted molar refractivity (Wildman–Crippen MR) is 64.5 cm³/mol. The lowest BCUT2D eigenvalue weighted by molar-refractivity contribution is 0.625. The zero-order valence-electron chi connectivity index (χ0n) is 9.36. The molecule has 4 nitrogen and oxygen atoms in total. The van der Waals surface area contributed by atoms with Gasteiger partial charge in [0.15, 0.2) is 5.82 Å². The molecule has 0 aliphatic carbocycles. The van der Waals surface area contributed by atoms with Gasteiger partial charge >= 0.3 is 0 Å². The van der Waals surface area contributed by atoms with E-state index in [-0.39, 0.29) is 5.82 Å². The van der Waals surface area contributed by atoms with Gasteiger partial charge in [-0.25, -0.2) is 19.0 Å². The van der Waals surface area contributed by atoms with Crippen LogP contribution in [0.1, 0.15) is 0 Å². The van der Waals surface area contributed by atoms with Gasteiger partial charge in [-0.2, -0.15) is 5.10 Å². The van der Waals surface area contributed by atoms with E-state index in [1.54, 1.807) is 47.5 Å². The van der Waals surface area contributed by atoms with E-state index in [1.807, 2.05) is 0 Å². The minimum atomic E-state index is -0.303. The van der Waals surface area contributed by atoms with Crippen molar-refractivity contribution in [1.82, 2.24) is 19.7 Å². The Morgan fingerprint density at radius 3 is 2.56 bits per heavy atom. The Labute approximate surface area is 103 Å². The maximum atomic E-state index is 13.2. The lowest BCUT2D eigenvalue weighted by Crippen LogP contribution is -2.01. The summed E-state index contributed by atoms with van der Waals surface area (Å²) in [6.07, 6.45) is 4.95. The largest absolute Gasteiger partial charge is 0.235 e. The molecule has 0 N–H and O–H groups in total. The molecule has 1 aromatic carbocycles. The van der Waals surface area contributed by atoms with Crippen LogP contribution in [0.25, 0.3) is 17.2 Å². The maximum absolute atomic E-state index is 13.2. The lowest BCUT2D eigenvalue weighted by atomic mass is 10.3. The van der Waals surface area contributed by atoms with E-state index in [0.29, 0.717) is 11.5 Å². The predicted octanol–water partition coefficient (Wildman–Crippen LogP) is 2.47. The van der Waals surface area contributed by atoms with Crippen LogP contribution in [0.15, 0.2) is 55.0 Å². The molecule has 0 atom stereocenters. The van der Waals surface area contributed by atoms with Gasteiger partial charge in [0.05, 0.1) is 11.9 Å². The van der Waals surface area contributed by atoms with Gasteiger partial charge in [-0.1, -0.05) is 6.07 Å². The molecule has 0 aliphatic rings. The molecule has 5 heteroatoms. The molecule has 0 spiro atoms. The smallest absolute Gasteiger partial charge is 0.178 e. The molecule has 0 saturated carbocycles. The molecule has 88 valence electrons. The summed E-state index contributed by atoms with van der Waals surface area (Å²) in [6.45, 7) is 0. The Morgan fingerprint density at radius 1 is 0.944 bits per heavy atom. The molecule has 0 bridgehead atoms. The Bertz CT molecular complexity index is 664. The van der Waals surface area contributed by atoms with Crippen molar-refractivity contribution in [3.63, 3.8) is 0 Å². The van der Waals surface area contributed by atoms with Gasteiger partial charge in [0.1, 0.15) is 11.5 Å². The third kappa shape index (κ3) is 1.86. The zero-order chi connectivity index (χ0) is 12.4. The van der Waals surface area contributed by atoms with Crippen LogP contribution in [0.4, 0.5) is 4.39 Å². The van der Waals surface area contributed by atoms with Crippen LogP contribution in [-0.4, -0.2) is 19.7 Å². The molecule has 3 rings (SSSR count). The fourth-order valence-corrected chi connectivity index (χ4v) is 1.72. The molecule has 0 fully saturated rings. The summed E-state index contributed by atoms with van der Waals surface area (Å²) < 4.78 is 14.8. The third-order valence-electron chi connectivity index (χ3n) is 2.49. The highest BCUT2D eigenvalue weighted by Gasteiger charge is 2.09. The maximum Gasteiger partial charge on any atom is 0.178 e. The van der Waals surface area contributed by atoms with Crippen LogP contribution in [0, 0.1) is 5.82 Å². The minimum Gasteiger partial charge on any atom is -0.235 e. The second kappa shape index (κ2) is 4.37. The lowest BCUT2D eigenvalue weighted by Gasteiger charge is -2.06. The average Bonchev–Trinajstić information content (AvgIpc) is 2.89. The summed E-state index contributed by atoms with van der Waals surface area (Å²) in [5.41, 5.74) is 1.36. The molecular weight excluding hydrogens is 231 g/mol. The first-order valence-electron chi connectivity index (χ1n) is 5.42. The number of nitrogens with zero attached hydrogens (tertiary/aromatic N) is 4. The summed E-state index contributed by atoms with van der Waals surface area (Å²) >= 11 is 0. The normalized spacial score (nSPS) is 10.5. The van der Waals surface area contributed by atoms with Crippen molar-refractivity contribution in [3.8, 4) is 17.2 Å². The monoisotopic (exact) mass is 240 g/mol. The summed E-state index contributed by atoms with van der Waals surface area (Å²) in [5.74, 6) is 0.252. The first-order chi connectivity index (χ1) is 8.84. The fourth-order valence-electron chi connectivity index (χ4n) is 1.72. The van der Waals surface area contributed by atoms with E-state index in [0.717, 1.165) is 5.69 Å². The molecule has 2 aromatic heterocycles. The summed E-state index contributed by atoms with van der Waals surface area (Å²) in [5, 5.41) is 4.17. The molecule has 0 aliphatic heterocycles. The molecule has 0 saturated heterocycles. The molecule has 18 heavy (non-hydrogen) atoms. The zero-order valence-corrected chi connectivity index (χ0v) is 9.36. The summed E-state index contributed by atoms with van der Waals surface area (Å²) in [6, 6.07) is 9.77. The van der Waals surface area contributed by atoms with Gasteiger partial charge < -0.3 is 0 Å². The number of hydrogen-bond donors (Lipinski definition) is 0. The topological polar surface area (TPSA) is 43.6 Å². The van der Waals surface area contributed by atoms with Crippen LogP contribution >= 0.6 is 0 Å². The second-order valence-corrected chi connectivity index (χ2v) is 3.68. The van der Waals surface area contributed by atoms with Crippen molar-refractivity contribution in [1.29, 1.82) is 0 Å². The molecular formula is C13H9FN4. The van der Waals surface area contributed by atoms with Crippen LogP contribution in [0.2, 0.25) is 0 Å². The summed E-state index contributed by atoms with van der Waals surface area (Å²) in [7, 11) is 0. The van der Waals surface area contributed by atoms with E-state index in [4.69, 9.17) is 0 Å². The van der Waals surface area contributed by atoms with Crippen molar-refractivity contribution >= 4 is 0 Å². The van der Waals surface area contributed by atoms with Gasteiger partial charge in [-0.05, 0) is 30.3 Å². The number of rotatable bonds is 2. The van der Waals surface area contributed by atoms with E-state index in [1.165, 1.54) is 12.1 Å². The highest BCUT2D eigenvalue weighted by atomic mass is 19.1. The van der Waals surface area contributed by atoms with Crippen molar-refractivity contribution in [3.05, 3.63) is 60.8 Å². The van der Waals surface area contributed by atoms with Crippen molar-refractivity contribution in [2.45, 2.75) is 0 Å². The first kappa shape index (κ1) is 10.6. The van der Waals surface area contributed by atoms with E-state index < -0.39 is 0 Å². The third-order valence-corrected chi connectivity index (χ3v) is 2.49. The van der Waals surface area contributed by atoms with Gasteiger partial charge in [0.25, 0.3) is 0 Å². The molecule has 0 radical (unpaired) electrons. The van der Waals surface area contributed by atoms with Gasteiger partial charge in [0.2, 0.25) is 0 Å². The van der Waals surface area contributed by atoms with Crippen LogP contribution in [-0.2, 0) is 0 Å². The molecule has 2 heterocycles.